The van der Waals surface area contributed by atoms with Gasteiger partial charge in [-0.05, 0) is 63.4 Å². The van der Waals surface area contributed by atoms with E-state index in [4.69, 9.17) is 4.74 Å². The molecule has 0 aliphatic carbocycles. The molecule has 39 heavy (non-hydrogen) atoms. The highest BCUT2D eigenvalue weighted by Gasteiger charge is 2.37. The van der Waals surface area contributed by atoms with Gasteiger partial charge in [-0.1, -0.05) is 121 Å². The Kier molecular flexibility index (Phi) is 5.53. The van der Waals surface area contributed by atoms with Crippen molar-refractivity contribution in [2.24, 2.45) is 0 Å². The van der Waals surface area contributed by atoms with Crippen molar-refractivity contribution in [3.63, 3.8) is 0 Å². The molecule has 0 spiro atoms. The van der Waals surface area contributed by atoms with E-state index in [1.54, 1.807) is 12.1 Å². The van der Waals surface area contributed by atoms with Gasteiger partial charge >= 0.3 is 0 Å². The minimum Gasteiger partial charge on any atom is -0.508 e. The molecule has 0 bridgehead atoms. The number of fused-ring (bicyclic) bond motifs is 3. The average molecular weight is 503 g/mol. The van der Waals surface area contributed by atoms with Gasteiger partial charge in [0.2, 0.25) is 0 Å². The molecule has 1 N–H and O–H groups in total. The summed E-state index contributed by atoms with van der Waals surface area (Å²) < 4.78 is 7.06. The van der Waals surface area contributed by atoms with E-state index in [9.17, 15) is 5.11 Å². The predicted molar refractivity (Wildman–Crippen MR) is 160 cm³/mol. The molecule has 0 saturated carbocycles. The molecule has 7 rings (SSSR count). The number of aromatic hydroxyl groups is 1. The molecule has 1 aliphatic rings. The third kappa shape index (κ3) is 3.98. The van der Waals surface area contributed by atoms with Crippen molar-refractivity contribution in [2.75, 3.05) is 0 Å². The molecule has 0 saturated heterocycles. The van der Waals surface area contributed by atoms with Crippen LogP contribution in [0.4, 0.5) is 0 Å². The van der Waals surface area contributed by atoms with E-state index in [2.05, 4.69) is 115 Å². The summed E-state index contributed by atoms with van der Waals surface area (Å²) in [6.07, 6.45) is 4.41. The second kappa shape index (κ2) is 9.34. The van der Waals surface area contributed by atoms with Gasteiger partial charge in [-0.2, -0.15) is 0 Å². The molecule has 1 aliphatic heterocycles. The molecule has 2 heteroatoms. The lowest BCUT2D eigenvalue weighted by molar-refractivity contribution is 0.161. The van der Waals surface area contributed by atoms with E-state index in [1.165, 1.54) is 10.8 Å². The van der Waals surface area contributed by atoms with E-state index >= 15 is 0 Å². The molecule has 0 atom stereocenters. The molecule has 6 aromatic rings. The van der Waals surface area contributed by atoms with Crippen molar-refractivity contribution in [1.29, 1.82) is 0 Å². The largest absolute Gasteiger partial charge is 0.508 e. The van der Waals surface area contributed by atoms with E-state index in [0.29, 0.717) is 0 Å². The normalized spacial score (nSPS) is 13.5. The summed E-state index contributed by atoms with van der Waals surface area (Å²) in [6, 6.07) is 47.5. The first-order valence-corrected chi connectivity index (χ1v) is 13.2. The van der Waals surface area contributed by atoms with Gasteiger partial charge < -0.3 is 9.84 Å². The van der Waals surface area contributed by atoms with Gasteiger partial charge in [0.1, 0.15) is 11.5 Å². The Balaban J connectivity index is 1.38. The lowest BCUT2D eigenvalue weighted by Crippen LogP contribution is -2.34. The summed E-state index contributed by atoms with van der Waals surface area (Å²) in [4.78, 5) is 0. The quantitative estimate of drug-likeness (QED) is 0.260. The van der Waals surface area contributed by atoms with Crippen LogP contribution in [0.1, 0.15) is 16.7 Å². The van der Waals surface area contributed by atoms with Crippen molar-refractivity contribution < 1.29 is 9.84 Å². The van der Waals surface area contributed by atoms with Crippen molar-refractivity contribution in [1.82, 2.24) is 0 Å². The Labute approximate surface area is 228 Å². The van der Waals surface area contributed by atoms with Gasteiger partial charge in [0, 0.05) is 16.7 Å². The average Bonchev–Trinajstić information content (AvgIpc) is 3.02. The molecule has 186 valence electrons. The fourth-order valence-corrected chi connectivity index (χ4v) is 5.62. The zero-order valence-corrected chi connectivity index (χ0v) is 21.3. The van der Waals surface area contributed by atoms with Crippen LogP contribution in [0.15, 0.2) is 146 Å². The van der Waals surface area contributed by atoms with Crippen LogP contribution >= 0.6 is 0 Å². The maximum absolute atomic E-state index is 9.66. The molecule has 0 radical (unpaired) electrons. The molecule has 1 heterocycles. The second-order valence-electron chi connectivity index (χ2n) is 9.91. The van der Waals surface area contributed by atoms with Crippen molar-refractivity contribution in [2.45, 2.75) is 5.60 Å². The van der Waals surface area contributed by atoms with Crippen LogP contribution in [0.2, 0.25) is 0 Å². The zero-order chi connectivity index (χ0) is 26.2. The third-order valence-corrected chi connectivity index (χ3v) is 7.61. The summed E-state index contributed by atoms with van der Waals surface area (Å²) in [6.45, 7) is 0. The lowest BCUT2D eigenvalue weighted by atomic mass is 9.82. The number of rotatable bonds is 4. The van der Waals surface area contributed by atoms with Gasteiger partial charge in [-0.25, -0.2) is 0 Å². The lowest BCUT2D eigenvalue weighted by Gasteiger charge is -2.36. The highest BCUT2D eigenvalue weighted by molar-refractivity contribution is 6.03. The van der Waals surface area contributed by atoms with Crippen LogP contribution in [0.3, 0.4) is 0 Å². The van der Waals surface area contributed by atoms with Crippen LogP contribution in [-0.2, 0) is 5.60 Å². The summed E-state index contributed by atoms with van der Waals surface area (Å²) in [5.41, 5.74) is 6.98. The first kappa shape index (κ1) is 23.1. The number of hydrogen-bond donors (Lipinski definition) is 1. The van der Waals surface area contributed by atoms with E-state index in [-0.39, 0.29) is 5.75 Å². The minimum absolute atomic E-state index is 0.270. The molecular weight excluding hydrogens is 476 g/mol. The van der Waals surface area contributed by atoms with E-state index < -0.39 is 5.60 Å². The molecule has 0 aromatic heterocycles. The van der Waals surface area contributed by atoms with Gasteiger partial charge in [0.05, 0.1) is 0 Å². The SMILES string of the molecule is Oc1ccc(-c2ccc(-c3cc4c(c5ccccc35)C=CC(c3ccccc3)(c3ccccc3)O4)cc2)cc1. The smallest absolute Gasteiger partial charge is 0.178 e. The summed E-state index contributed by atoms with van der Waals surface area (Å²) >= 11 is 0. The van der Waals surface area contributed by atoms with Crippen LogP contribution < -0.4 is 4.74 Å². The topological polar surface area (TPSA) is 29.5 Å². The minimum atomic E-state index is -0.724. The van der Waals surface area contributed by atoms with Gasteiger partial charge in [0.25, 0.3) is 0 Å². The Morgan fingerprint density at radius 2 is 1.03 bits per heavy atom. The maximum atomic E-state index is 9.66. The number of hydrogen-bond acceptors (Lipinski definition) is 2. The fourth-order valence-electron chi connectivity index (χ4n) is 5.62. The molecule has 0 unspecified atom stereocenters. The van der Waals surface area contributed by atoms with Gasteiger partial charge in [-0.15, -0.1) is 0 Å². The Morgan fingerprint density at radius 3 is 1.64 bits per heavy atom. The Morgan fingerprint density at radius 1 is 0.513 bits per heavy atom. The third-order valence-electron chi connectivity index (χ3n) is 7.61. The van der Waals surface area contributed by atoms with Crippen molar-refractivity contribution in [3.05, 3.63) is 162 Å². The predicted octanol–water partition coefficient (Wildman–Crippen LogP) is 9.23. The van der Waals surface area contributed by atoms with Gasteiger partial charge in [0.15, 0.2) is 5.60 Å². The Hall–Kier alpha value is -5.08. The van der Waals surface area contributed by atoms with Crippen molar-refractivity contribution >= 4 is 16.8 Å². The van der Waals surface area contributed by atoms with Crippen LogP contribution in [0.25, 0.3) is 39.1 Å². The zero-order valence-electron chi connectivity index (χ0n) is 21.3. The summed E-state index contributed by atoms with van der Waals surface area (Å²) in [7, 11) is 0. The standard InChI is InChI=1S/C37H26O2/c38-31-21-19-27(20-22-31)26-15-17-28(18-16-26)35-25-36-34(32-13-7-8-14-33(32)35)23-24-37(39-36,29-9-3-1-4-10-29)30-11-5-2-6-12-30/h1-25,38H. The summed E-state index contributed by atoms with van der Waals surface area (Å²) in [5.74, 6) is 1.13. The van der Waals surface area contributed by atoms with Crippen LogP contribution in [-0.4, -0.2) is 5.11 Å². The van der Waals surface area contributed by atoms with E-state index in [1.807, 2.05) is 24.3 Å². The first-order chi connectivity index (χ1) is 19.2. The van der Waals surface area contributed by atoms with Crippen LogP contribution in [0, 0.1) is 0 Å². The molecule has 2 nitrogen and oxygen atoms in total. The van der Waals surface area contributed by atoms with E-state index in [0.717, 1.165) is 44.7 Å². The first-order valence-electron chi connectivity index (χ1n) is 13.2. The molecule has 6 aromatic carbocycles. The Bertz CT molecular complexity index is 1760. The highest BCUT2D eigenvalue weighted by atomic mass is 16.5. The molecule has 0 amide bonds. The second-order valence-corrected chi connectivity index (χ2v) is 9.91. The van der Waals surface area contributed by atoms with Crippen LogP contribution in [0.5, 0.6) is 11.5 Å². The molecular formula is C37H26O2. The number of benzene rings is 6. The van der Waals surface area contributed by atoms with Crippen molar-refractivity contribution in [3.8, 4) is 33.8 Å². The van der Waals surface area contributed by atoms with Gasteiger partial charge in [-0.3, -0.25) is 0 Å². The fraction of sp³-hybridized carbons (Fsp3) is 0.0270. The maximum Gasteiger partial charge on any atom is 0.178 e. The highest BCUT2D eigenvalue weighted by Crippen LogP contribution is 2.46. The molecule has 0 fully saturated rings. The monoisotopic (exact) mass is 502 g/mol. The number of phenolic OH excluding ortho intramolecular Hbond substituents is 1. The number of phenols is 1. The summed E-state index contributed by atoms with van der Waals surface area (Å²) in [5, 5.41) is 12.0. The number of ether oxygens (including phenoxy) is 1.